The summed E-state index contributed by atoms with van der Waals surface area (Å²) in [4.78, 5) is 20.5. The molecular weight excluding hydrogens is 525 g/mol. The van der Waals surface area contributed by atoms with E-state index in [1.54, 1.807) is 10.7 Å². The van der Waals surface area contributed by atoms with Crippen molar-refractivity contribution in [3.05, 3.63) is 70.6 Å². The van der Waals surface area contributed by atoms with E-state index in [2.05, 4.69) is 19.6 Å². The second-order valence-electron chi connectivity index (χ2n) is 9.99. The van der Waals surface area contributed by atoms with Crippen LogP contribution in [-0.2, 0) is 36.3 Å². The summed E-state index contributed by atoms with van der Waals surface area (Å²) in [6.07, 6.45) is 1.09. The summed E-state index contributed by atoms with van der Waals surface area (Å²) in [6, 6.07) is 6.94. The number of amides is 1. The zero-order valence-electron chi connectivity index (χ0n) is 22.4. The quantitative estimate of drug-likeness (QED) is 0.392. The summed E-state index contributed by atoms with van der Waals surface area (Å²) in [5, 5.41) is 3.96. The highest BCUT2D eigenvalue weighted by Crippen LogP contribution is 2.36. The van der Waals surface area contributed by atoms with E-state index in [1.165, 1.54) is 37.6 Å². The highest BCUT2D eigenvalue weighted by molar-refractivity contribution is 7.90. The second-order valence-corrected chi connectivity index (χ2v) is 11.6. The van der Waals surface area contributed by atoms with Crippen LogP contribution in [0.4, 0.5) is 10.2 Å². The van der Waals surface area contributed by atoms with Crippen molar-refractivity contribution in [3.63, 3.8) is 0 Å². The minimum atomic E-state index is -4.35. The fourth-order valence-electron chi connectivity index (χ4n) is 4.57. The summed E-state index contributed by atoms with van der Waals surface area (Å²) in [5.41, 5.74) is 1.61. The molecule has 0 spiro atoms. The van der Waals surface area contributed by atoms with E-state index in [0.29, 0.717) is 27.9 Å². The number of nitrogens with zero attached hydrogens (tertiary/aromatic N) is 4. The van der Waals surface area contributed by atoms with E-state index in [-0.39, 0.29) is 42.4 Å². The first-order valence-electron chi connectivity index (χ1n) is 12.4. The number of methoxy groups -OCH3 is 1. The predicted molar refractivity (Wildman–Crippen MR) is 141 cm³/mol. The van der Waals surface area contributed by atoms with Gasteiger partial charge in [0.05, 0.1) is 25.3 Å². The van der Waals surface area contributed by atoms with Gasteiger partial charge in [-0.05, 0) is 66.3 Å². The summed E-state index contributed by atoms with van der Waals surface area (Å²) < 4.78 is 55.8. The summed E-state index contributed by atoms with van der Waals surface area (Å²) in [5.74, 6) is -1.37. The number of sulfonamides is 1. The number of carbonyl (C=O) groups is 1. The van der Waals surface area contributed by atoms with Crippen molar-refractivity contribution in [3.8, 4) is 11.1 Å². The van der Waals surface area contributed by atoms with Gasteiger partial charge in [0.2, 0.25) is 5.91 Å². The first-order valence-corrected chi connectivity index (χ1v) is 13.8. The average molecular weight is 556 g/mol. The van der Waals surface area contributed by atoms with Crippen LogP contribution in [0.2, 0.25) is 0 Å². The van der Waals surface area contributed by atoms with Gasteiger partial charge in [0.1, 0.15) is 12.0 Å². The molecule has 12 heteroatoms. The van der Waals surface area contributed by atoms with Crippen molar-refractivity contribution >= 4 is 21.7 Å². The van der Waals surface area contributed by atoms with Crippen LogP contribution in [0.15, 0.2) is 41.6 Å². The number of rotatable bonds is 9. The fourth-order valence-corrected chi connectivity index (χ4v) is 5.51. The lowest BCUT2D eigenvalue weighted by Gasteiger charge is -2.40. The Kier molecular flexibility index (Phi) is 7.88. The van der Waals surface area contributed by atoms with Gasteiger partial charge in [0.15, 0.2) is 10.6 Å². The largest absolute Gasteiger partial charge is 0.374 e. The monoisotopic (exact) mass is 555 g/mol. The van der Waals surface area contributed by atoms with Gasteiger partial charge in [-0.25, -0.2) is 9.11 Å². The summed E-state index contributed by atoms with van der Waals surface area (Å²) in [7, 11) is -2.83. The molecule has 3 aromatic rings. The first kappa shape index (κ1) is 28.4. The van der Waals surface area contributed by atoms with Crippen molar-refractivity contribution in [1.82, 2.24) is 19.5 Å². The molecular formula is C27H30FN5O5S. The van der Waals surface area contributed by atoms with Crippen molar-refractivity contribution in [2.45, 2.75) is 56.7 Å². The van der Waals surface area contributed by atoms with E-state index in [0.717, 1.165) is 0 Å². The van der Waals surface area contributed by atoms with E-state index >= 15 is 0 Å². The molecule has 0 saturated carbocycles. The molecule has 0 atom stereocenters. The molecule has 1 N–H and O–H groups in total. The molecule has 206 valence electrons. The molecule has 10 nitrogen and oxygen atoms in total. The van der Waals surface area contributed by atoms with Crippen molar-refractivity contribution in [2.75, 3.05) is 20.3 Å². The van der Waals surface area contributed by atoms with Gasteiger partial charge < -0.3 is 14.3 Å². The van der Waals surface area contributed by atoms with E-state index in [1.807, 2.05) is 27.7 Å². The minimum absolute atomic E-state index is 0.114. The molecule has 1 aliphatic rings. The molecule has 0 bridgehead atoms. The molecule has 1 saturated heterocycles. The van der Waals surface area contributed by atoms with E-state index in [9.17, 15) is 17.6 Å². The zero-order valence-corrected chi connectivity index (χ0v) is 23.2. The summed E-state index contributed by atoms with van der Waals surface area (Å²) >= 11 is 0. The van der Waals surface area contributed by atoms with E-state index < -0.39 is 27.3 Å². The van der Waals surface area contributed by atoms with Crippen LogP contribution < -0.4 is 4.72 Å². The molecule has 1 aromatic carbocycles. The molecule has 4 rings (SSSR count). The van der Waals surface area contributed by atoms with Crippen LogP contribution in [0.3, 0.4) is 0 Å². The Morgan fingerprint density at radius 1 is 1.26 bits per heavy atom. The number of hydrogen-bond acceptors (Lipinski definition) is 7. The van der Waals surface area contributed by atoms with Crippen LogP contribution in [0.1, 0.15) is 56.5 Å². The number of pyridine rings is 1. The van der Waals surface area contributed by atoms with Crippen LogP contribution in [0, 0.1) is 12.4 Å². The molecule has 1 aliphatic heterocycles. The fraction of sp³-hybridized carbons (Fsp3) is 0.407. The third kappa shape index (κ3) is 5.56. The lowest BCUT2D eigenvalue weighted by molar-refractivity contribution is -0.206. The predicted octanol–water partition coefficient (Wildman–Crippen LogP) is 4.26. The standard InChI is InChI=1S/C27H30FN5O5S/c1-16(2)20-10-19(28)11-21(18-7-8-30-24(9-18)29-5)22(20)12-25(34)32-39(35,36)26-13-23(33(31-26)17(3)4)27(37-6)14-38-15-27/h7-11,13,16-17H,12,14-15H2,1-4,6H3,(H,32,34). The van der Waals surface area contributed by atoms with E-state index in [4.69, 9.17) is 16.0 Å². The van der Waals surface area contributed by atoms with Gasteiger partial charge in [-0.2, -0.15) is 13.5 Å². The Hall–Kier alpha value is -3.66. The Balaban J connectivity index is 1.69. The Bertz CT molecular complexity index is 1550. The number of halogens is 1. The lowest BCUT2D eigenvalue weighted by Crippen LogP contribution is -2.49. The number of aromatic nitrogens is 3. The molecule has 1 amide bonds. The maximum atomic E-state index is 14.6. The molecule has 0 radical (unpaired) electrons. The molecule has 0 unspecified atom stereocenters. The maximum Gasteiger partial charge on any atom is 0.283 e. The van der Waals surface area contributed by atoms with Crippen molar-refractivity contribution in [2.24, 2.45) is 0 Å². The average Bonchev–Trinajstić information content (AvgIpc) is 3.31. The molecule has 39 heavy (non-hydrogen) atoms. The number of ether oxygens (including phenoxy) is 2. The highest BCUT2D eigenvalue weighted by Gasteiger charge is 2.45. The second kappa shape index (κ2) is 10.8. The van der Waals surface area contributed by atoms with Crippen LogP contribution in [0.25, 0.3) is 16.0 Å². The third-order valence-electron chi connectivity index (χ3n) is 6.63. The molecule has 1 fully saturated rings. The minimum Gasteiger partial charge on any atom is -0.374 e. The Labute approximate surface area is 227 Å². The molecule has 3 heterocycles. The van der Waals surface area contributed by atoms with Crippen molar-refractivity contribution < 1.29 is 27.1 Å². The van der Waals surface area contributed by atoms with Gasteiger partial charge in [-0.3, -0.25) is 9.48 Å². The number of carbonyl (C=O) groups excluding carboxylic acids is 1. The van der Waals surface area contributed by atoms with Gasteiger partial charge in [-0.1, -0.05) is 20.4 Å². The van der Waals surface area contributed by atoms with Gasteiger partial charge in [0.25, 0.3) is 15.8 Å². The molecule has 2 aromatic heterocycles. The topological polar surface area (TPSA) is 117 Å². The Morgan fingerprint density at radius 3 is 2.54 bits per heavy atom. The highest BCUT2D eigenvalue weighted by atomic mass is 32.2. The first-order chi connectivity index (χ1) is 18.4. The van der Waals surface area contributed by atoms with Crippen LogP contribution >= 0.6 is 0 Å². The van der Waals surface area contributed by atoms with Crippen LogP contribution in [-0.4, -0.2) is 49.4 Å². The smallest absolute Gasteiger partial charge is 0.283 e. The molecule has 0 aliphatic carbocycles. The van der Waals surface area contributed by atoms with Crippen molar-refractivity contribution in [1.29, 1.82) is 0 Å². The zero-order chi connectivity index (χ0) is 28.5. The number of benzene rings is 1. The third-order valence-corrected chi connectivity index (χ3v) is 7.88. The van der Waals surface area contributed by atoms with Gasteiger partial charge in [0, 0.05) is 19.2 Å². The van der Waals surface area contributed by atoms with Crippen LogP contribution in [0.5, 0.6) is 0 Å². The SMILES string of the molecule is [C-]#[N+]c1cc(-c2cc(F)cc(C(C)C)c2CC(=O)NS(=O)(=O)c2cc(C3(OC)COC3)n(C(C)C)n2)ccn1. The maximum absolute atomic E-state index is 14.6. The normalized spacial score (nSPS) is 14.7. The number of hydrogen-bond donors (Lipinski definition) is 1. The summed E-state index contributed by atoms with van der Waals surface area (Å²) in [6.45, 7) is 15.2. The lowest BCUT2D eigenvalue weighted by atomic mass is 9.88. The van der Waals surface area contributed by atoms with Gasteiger partial charge >= 0.3 is 0 Å². The number of nitrogens with one attached hydrogen (secondary N) is 1. The Morgan fingerprint density at radius 2 is 1.97 bits per heavy atom. The van der Waals surface area contributed by atoms with Gasteiger partial charge in [-0.15, -0.1) is 4.98 Å².